The maximum Gasteiger partial charge on any atom is 0.134 e. The zero-order valence-corrected chi connectivity index (χ0v) is 24.1. The van der Waals surface area contributed by atoms with Gasteiger partial charge in [-0.3, -0.25) is 0 Å². The summed E-state index contributed by atoms with van der Waals surface area (Å²) in [6, 6.07) is 8.88. The molecule has 4 heterocycles. The summed E-state index contributed by atoms with van der Waals surface area (Å²) in [4.78, 5) is 0. The normalized spacial score (nSPS) is 32.1. The fourth-order valence-electron chi connectivity index (χ4n) is 5.52. The van der Waals surface area contributed by atoms with Crippen molar-refractivity contribution in [3.05, 3.63) is 72.6 Å². The Hall–Kier alpha value is -3.39. The highest BCUT2D eigenvalue weighted by molar-refractivity contribution is 8.00. The Balaban J connectivity index is 1.25. The molecule has 6 unspecified atom stereocenters. The Kier molecular flexibility index (Phi) is 9.23. The first-order valence-corrected chi connectivity index (χ1v) is 14.9. The minimum Gasteiger partial charge on any atom is -0.394 e. The van der Waals surface area contributed by atoms with Crippen LogP contribution in [0.15, 0.2) is 60.9 Å². The highest BCUT2D eigenvalue weighted by Crippen LogP contribution is 2.42. The number of benzene rings is 2. The molecule has 2 aromatic carbocycles. The molecule has 2 aromatic heterocycles. The summed E-state index contributed by atoms with van der Waals surface area (Å²) in [5.41, 5.74) is -1.10. The highest BCUT2D eigenvalue weighted by Gasteiger charge is 2.51. The van der Waals surface area contributed by atoms with Crippen LogP contribution in [0.5, 0.6) is 0 Å². The predicted octanol–water partition coefficient (Wildman–Crippen LogP) is -0.125. The quantitative estimate of drug-likeness (QED) is 0.148. The third-order valence-electron chi connectivity index (χ3n) is 7.84. The summed E-state index contributed by atoms with van der Waals surface area (Å²) in [6.45, 7) is -1.27. The van der Waals surface area contributed by atoms with Gasteiger partial charge in [0.05, 0.1) is 25.6 Å². The Bertz CT molecular complexity index is 1500. The highest BCUT2D eigenvalue weighted by atomic mass is 32.2. The van der Waals surface area contributed by atoms with Crippen molar-refractivity contribution in [2.45, 2.75) is 59.6 Å². The van der Waals surface area contributed by atoms with Gasteiger partial charge in [-0.05, 0) is 24.3 Å². The summed E-state index contributed by atoms with van der Waals surface area (Å²) >= 11 is 0.796. The van der Waals surface area contributed by atoms with E-state index in [-0.39, 0.29) is 11.4 Å². The molecule has 0 amide bonds. The van der Waals surface area contributed by atoms with E-state index in [1.54, 1.807) is 12.1 Å². The molecule has 0 aliphatic carbocycles. The lowest BCUT2D eigenvalue weighted by Gasteiger charge is -2.46. The molecular formula is C28H30F2N6O8S. The number of aliphatic hydroxyl groups excluding tert-OH is 6. The van der Waals surface area contributed by atoms with Crippen LogP contribution in [0.25, 0.3) is 22.5 Å². The van der Waals surface area contributed by atoms with Crippen molar-refractivity contribution < 1.29 is 48.9 Å². The third-order valence-corrected chi connectivity index (χ3v) is 9.15. The molecule has 17 heteroatoms. The van der Waals surface area contributed by atoms with Crippen molar-refractivity contribution in [3.63, 3.8) is 0 Å². The first kappa shape index (κ1) is 31.6. The van der Waals surface area contributed by atoms with Gasteiger partial charge >= 0.3 is 0 Å². The molecular weight excluding hydrogens is 618 g/mol. The summed E-state index contributed by atoms with van der Waals surface area (Å²) in [6.07, 6.45) is -5.48. The van der Waals surface area contributed by atoms with Crippen molar-refractivity contribution in [1.29, 1.82) is 0 Å². The molecule has 2 saturated heterocycles. The van der Waals surface area contributed by atoms with Crippen molar-refractivity contribution in [1.82, 2.24) is 30.0 Å². The average molecular weight is 649 g/mol. The molecule has 4 aromatic rings. The minimum absolute atomic E-state index is 0.268. The molecule has 0 radical (unpaired) electrons. The number of ether oxygens (including phenoxy) is 2. The maximum absolute atomic E-state index is 13.8. The number of rotatable bonds is 8. The molecule has 10 atom stereocenters. The summed E-state index contributed by atoms with van der Waals surface area (Å²) in [5, 5.41) is 80.8. The van der Waals surface area contributed by atoms with E-state index in [2.05, 4.69) is 20.6 Å². The molecule has 2 aliphatic heterocycles. The third kappa shape index (κ3) is 6.23. The Labute approximate surface area is 258 Å². The van der Waals surface area contributed by atoms with Crippen LogP contribution in [-0.2, 0) is 9.47 Å². The van der Waals surface area contributed by atoms with Crippen molar-refractivity contribution in [3.8, 4) is 22.5 Å². The molecule has 2 aliphatic rings. The van der Waals surface area contributed by atoms with Gasteiger partial charge in [-0.25, -0.2) is 18.1 Å². The lowest BCUT2D eigenvalue weighted by atomic mass is 9.97. The smallest absolute Gasteiger partial charge is 0.134 e. The Morgan fingerprint density at radius 1 is 0.667 bits per heavy atom. The number of hydrogen-bond donors (Lipinski definition) is 6. The number of aromatic nitrogens is 6. The van der Waals surface area contributed by atoms with Crippen molar-refractivity contribution in [2.24, 2.45) is 0 Å². The second kappa shape index (κ2) is 13.1. The number of thioether (sulfide) groups is 1. The van der Waals surface area contributed by atoms with Gasteiger partial charge in [-0.1, -0.05) is 46.5 Å². The van der Waals surface area contributed by atoms with Crippen LogP contribution in [0.2, 0.25) is 0 Å². The van der Waals surface area contributed by atoms with Crippen LogP contribution >= 0.6 is 11.8 Å². The van der Waals surface area contributed by atoms with Crippen molar-refractivity contribution in [2.75, 3.05) is 13.2 Å². The van der Waals surface area contributed by atoms with E-state index in [0.717, 1.165) is 11.8 Å². The summed E-state index contributed by atoms with van der Waals surface area (Å²) in [7, 11) is 0. The first-order valence-electron chi connectivity index (χ1n) is 13.9. The molecule has 14 nitrogen and oxygen atoms in total. The molecule has 0 saturated carbocycles. The molecule has 45 heavy (non-hydrogen) atoms. The van der Waals surface area contributed by atoms with E-state index in [1.807, 2.05) is 0 Å². The van der Waals surface area contributed by atoms with Gasteiger partial charge in [-0.2, -0.15) is 0 Å². The number of halogens is 2. The SMILES string of the molecule is OCC1O[C@@H](SC2O[C@H](CO)C(O)C(n3cc(-c4cccc(F)c4)nn3)[C@H]2O)C(O)C(n2cc(-c3cccc(F)c3)nn2)[C@H]1O. The lowest BCUT2D eigenvalue weighted by molar-refractivity contribution is -0.189. The van der Waals surface area contributed by atoms with Gasteiger partial charge in [0, 0.05) is 11.1 Å². The number of nitrogens with zero attached hydrogens (tertiary/aromatic N) is 6. The summed E-state index contributed by atoms with van der Waals surface area (Å²) in [5.74, 6) is -0.978. The zero-order valence-electron chi connectivity index (χ0n) is 23.3. The fraction of sp³-hybridized carbons (Fsp3) is 0.429. The van der Waals surface area contributed by atoms with Crippen molar-refractivity contribution >= 4 is 11.8 Å². The van der Waals surface area contributed by atoms with Crippen LogP contribution in [0.1, 0.15) is 12.1 Å². The first-order chi connectivity index (χ1) is 21.7. The largest absolute Gasteiger partial charge is 0.394 e. The van der Waals surface area contributed by atoms with Crippen LogP contribution in [0.4, 0.5) is 8.78 Å². The Morgan fingerprint density at radius 3 is 1.47 bits per heavy atom. The van der Waals surface area contributed by atoms with E-state index in [9.17, 15) is 39.4 Å². The van der Waals surface area contributed by atoms with Crippen LogP contribution < -0.4 is 0 Å². The molecule has 0 bridgehead atoms. The van der Waals surface area contributed by atoms with Gasteiger partial charge in [0.15, 0.2) is 0 Å². The second-order valence-electron chi connectivity index (χ2n) is 10.7. The monoisotopic (exact) mass is 648 g/mol. The molecule has 0 spiro atoms. The number of aliphatic hydroxyl groups is 6. The summed E-state index contributed by atoms with van der Waals surface area (Å²) < 4.78 is 41.5. The van der Waals surface area contributed by atoms with E-state index < -0.39 is 84.4 Å². The second-order valence-corrected chi connectivity index (χ2v) is 11.9. The van der Waals surface area contributed by atoms with E-state index >= 15 is 0 Å². The van der Waals surface area contributed by atoms with Gasteiger partial charge in [-0.15, -0.1) is 10.2 Å². The van der Waals surface area contributed by atoms with Gasteiger partial charge in [0.1, 0.15) is 82.6 Å². The fourth-order valence-corrected chi connectivity index (χ4v) is 6.84. The Morgan fingerprint density at radius 2 is 1.09 bits per heavy atom. The van der Waals surface area contributed by atoms with Gasteiger partial charge < -0.3 is 40.1 Å². The standard InChI is InChI=1S/C28H30F2N6O8S/c29-15-5-1-3-13(7-15)17-9-35(33-31-17)21-23(39)19(11-37)43-27(25(21)41)45-28-26(42)22(24(40)20(12-38)44-28)36-10-18(32-34-36)14-4-2-6-16(30)8-14/h1-10,19-28,37-42H,11-12H2/t19-,20?,21?,22?,23?,24+,25-,26?,27?,28+/m1/s1. The van der Waals surface area contributed by atoms with E-state index in [4.69, 9.17) is 9.47 Å². The zero-order chi connectivity index (χ0) is 31.8. The van der Waals surface area contributed by atoms with Gasteiger partial charge in [0.2, 0.25) is 0 Å². The topological polar surface area (TPSA) is 201 Å². The molecule has 6 N–H and O–H groups in total. The maximum atomic E-state index is 13.8. The van der Waals surface area contributed by atoms with Crippen LogP contribution in [0, 0.1) is 11.6 Å². The van der Waals surface area contributed by atoms with Gasteiger partial charge in [0.25, 0.3) is 0 Å². The van der Waals surface area contributed by atoms with Crippen LogP contribution in [0.3, 0.4) is 0 Å². The number of hydrogen-bond acceptors (Lipinski definition) is 13. The average Bonchev–Trinajstić information content (AvgIpc) is 3.71. The minimum atomic E-state index is -1.51. The lowest BCUT2D eigenvalue weighted by Crippen LogP contribution is -2.58. The molecule has 6 rings (SSSR count). The van der Waals surface area contributed by atoms with Crippen LogP contribution in [-0.4, -0.2) is 121 Å². The van der Waals surface area contributed by atoms with E-state index in [1.165, 1.54) is 58.2 Å². The predicted molar refractivity (Wildman–Crippen MR) is 152 cm³/mol. The molecule has 2 fully saturated rings. The van der Waals surface area contributed by atoms with E-state index in [0.29, 0.717) is 11.1 Å². The molecule has 240 valence electrons.